The fourth-order valence-electron chi connectivity index (χ4n) is 2.87. The summed E-state index contributed by atoms with van der Waals surface area (Å²) in [6.07, 6.45) is 1.59. The Kier molecular flexibility index (Phi) is 4.32. The van der Waals surface area contributed by atoms with Gasteiger partial charge in [0.25, 0.3) is 0 Å². The van der Waals surface area contributed by atoms with Crippen LogP contribution in [0.2, 0.25) is 0 Å². The van der Waals surface area contributed by atoms with Crippen molar-refractivity contribution in [3.05, 3.63) is 23.8 Å². The fourth-order valence-corrected chi connectivity index (χ4v) is 2.87. The molecule has 1 saturated heterocycles. The number of amides is 2. The van der Waals surface area contributed by atoms with Crippen molar-refractivity contribution in [3.63, 3.8) is 0 Å². The first-order valence-electron chi connectivity index (χ1n) is 7.27. The predicted octanol–water partition coefficient (Wildman–Crippen LogP) is 2.22. The average molecular weight is 290 g/mol. The summed E-state index contributed by atoms with van der Waals surface area (Å²) in [5.41, 5.74) is 6.44. The van der Waals surface area contributed by atoms with Crippen molar-refractivity contribution in [1.82, 2.24) is 0 Å². The van der Waals surface area contributed by atoms with Crippen LogP contribution in [0.15, 0.2) is 18.2 Å². The zero-order valence-electron chi connectivity index (χ0n) is 12.8. The number of ether oxygens (including phenoxy) is 1. The Morgan fingerprint density at radius 2 is 1.95 bits per heavy atom. The third-order valence-electron chi connectivity index (χ3n) is 4.47. The van der Waals surface area contributed by atoms with Crippen LogP contribution in [-0.2, 0) is 16.1 Å². The first-order chi connectivity index (χ1) is 10.0. The zero-order chi connectivity index (χ0) is 15.6. The molecule has 1 aliphatic heterocycles. The molecule has 1 aromatic rings. The number of hydrogen-bond donors (Lipinski definition) is 1. The molecule has 0 unspecified atom stereocenters. The summed E-state index contributed by atoms with van der Waals surface area (Å²) < 4.78 is 5.33. The molecule has 1 aliphatic rings. The van der Waals surface area contributed by atoms with Crippen LogP contribution in [-0.4, -0.2) is 18.9 Å². The second-order valence-electron chi connectivity index (χ2n) is 5.41. The maximum atomic E-state index is 12.7. The van der Waals surface area contributed by atoms with Crippen LogP contribution in [0.4, 0.5) is 5.69 Å². The molecule has 0 atom stereocenters. The SMILES string of the molecule is CCC1(CC)CC(=O)N(c2ccc(CN)cc2OC)C1=O. The Labute approximate surface area is 125 Å². The van der Waals surface area contributed by atoms with Gasteiger partial charge < -0.3 is 10.5 Å². The van der Waals surface area contributed by atoms with Crippen molar-refractivity contribution in [2.45, 2.75) is 39.7 Å². The van der Waals surface area contributed by atoms with Crippen molar-refractivity contribution in [1.29, 1.82) is 0 Å². The van der Waals surface area contributed by atoms with Crippen LogP contribution in [0.5, 0.6) is 5.75 Å². The molecular formula is C16H22N2O3. The molecule has 2 N–H and O–H groups in total. The van der Waals surface area contributed by atoms with Crippen LogP contribution in [0.3, 0.4) is 0 Å². The van der Waals surface area contributed by atoms with Crippen LogP contribution in [0.1, 0.15) is 38.7 Å². The van der Waals surface area contributed by atoms with Crippen molar-refractivity contribution in [3.8, 4) is 5.75 Å². The van der Waals surface area contributed by atoms with Gasteiger partial charge in [0.05, 0.1) is 18.2 Å². The molecule has 1 heterocycles. The van der Waals surface area contributed by atoms with Gasteiger partial charge in [0.2, 0.25) is 11.8 Å². The number of nitrogens with zero attached hydrogens (tertiary/aromatic N) is 1. The Bertz CT molecular complexity index is 565. The van der Waals surface area contributed by atoms with E-state index in [1.54, 1.807) is 12.1 Å². The number of nitrogens with two attached hydrogens (primary N) is 1. The lowest BCUT2D eigenvalue weighted by Crippen LogP contribution is -2.35. The Morgan fingerprint density at radius 3 is 2.43 bits per heavy atom. The second-order valence-corrected chi connectivity index (χ2v) is 5.41. The Morgan fingerprint density at radius 1 is 1.29 bits per heavy atom. The molecule has 21 heavy (non-hydrogen) atoms. The van der Waals surface area contributed by atoms with E-state index in [9.17, 15) is 9.59 Å². The van der Waals surface area contributed by atoms with Gasteiger partial charge in [0.1, 0.15) is 5.75 Å². The smallest absolute Gasteiger partial charge is 0.240 e. The summed E-state index contributed by atoms with van der Waals surface area (Å²) >= 11 is 0. The van der Waals surface area contributed by atoms with Gasteiger partial charge in [-0.05, 0) is 30.5 Å². The van der Waals surface area contributed by atoms with Crippen LogP contribution >= 0.6 is 0 Å². The average Bonchev–Trinajstić information content (AvgIpc) is 2.77. The second kappa shape index (κ2) is 5.85. The van der Waals surface area contributed by atoms with Gasteiger partial charge in [-0.1, -0.05) is 19.9 Å². The van der Waals surface area contributed by atoms with E-state index in [1.807, 2.05) is 19.9 Å². The summed E-state index contributed by atoms with van der Waals surface area (Å²) in [6.45, 7) is 4.28. The number of imide groups is 1. The summed E-state index contributed by atoms with van der Waals surface area (Å²) in [7, 11) is 1.52. The molecule has 0 aliphatic carbocycles. The number of methoxy groups -OCH3 is 1. The summed E-state index contributed by atoms with van der Waals surface area (Å²) in [6, 6.07) is 5.32. The van der Waals surface area contributed by atoms with E-state index in [-0.39, 0.29) is 18.2 Å². The minimum Gasteiger partial charge on any atom is -0.495 e. The molecule has 114 valence electrons. The third kappa shape index (κ3) is 2.42. The van der Waals surface area contributed by atoms with Gasteiger partial charge in [-0.3, -0.25) is 9.59 Å². The molecule has 2 rings (SSSR count). The molecule has 0 aromatic heterocycles. The molecule has 1 aromatic carbocycles. The Hall–Kier alpha value is -1.88. The van der Waals surface area contributed by atoms with Crippen molar-refractivity contribution in [2.75, 3.05) is 12.0 Å². The van der Waals surface area contributed by atoms with Crippen LogP contribution in [0.25, 0.3) is 0 Å². The highest BCUT2D eigenvalue weighted by Gasteiger charge is 2.50. The largest absolute Gasteiger partial charge is 0.495 e. The van der Waals surface area contributed by atoms with Gasteiger partial charge in [0, 0.05) is 13.0 Å². The summed E-state index contributed by atoms with van der Waals surface area (Å²) in [5, 5.41) is 0. The molecule has 0 radical (unpaired) electrons. The van der Waals surface area contributed by atoms with E-state index < -0.39 is 5.41 Å². The van der Waals surface area contributed by atoms with E-state index in [1.165, 1.54) is 12.0 Å². The highest BCUT2D eigenvalue weighted by molar-refractivity contribution is 6.23. The van der Waals surface area contributed by atoms with Gasteiger partial charge in [-0.25, -0.2) is 4.90 Å². The van der Waals surface area contributed by atoms with Crippen molar-refractivity contribution in [2.24, 2.45) is 11.1 Å². The predicted molar refractivity (Wildman–Crippen MR) is 81.0 cm³/mol. The lowest BCUT2D eigenvalue weighted by Gasteiger charge is -2.24. The molecule has 0 saturated carbocycles. The third-order valence-corrected chi connectivity index (χ3v) is 4.47. The van der Waals surface area contributed by atoms with E-state index in [0.29, 0.717) is 30.8 Å². The number of rotatable bonds is 5. The van der Waals surface area contributed by atoms with E-state index in [0.717, 1.165) is 5.56 Å². The molecule has 5 nitrogen and oxygen atoms in total. The lowest BCUT2D eigenvalue weighted by atomic mass is 9.81. The monoisotopic (exact) mass is 290 g/mol. The summed E-state index contributed by atoms with van der Waals surface area (Å²) in [5.74, 6) is 0.210. The van der Waals surface area contributed by atoms with Gasteiger partial charge in [-0.15, -0.1) is 0 Å². The topological polar surface area (TPSA) is 72.6 Å². The molecular weight excluding hydrogens is 268 g/mol. The van der Waals surface area contributed by atoms with E-state index in [4.69, 9.17) is 10.5 Å². The molecule has 2 amide bonds. The van der Waals surface area contributed by atoms with Crippen molar-refractivity contribution >= 4 is 17.5 Å². The first-order valence-corrected chi connectivity index (χ1v) is 7.27. The van der Waals surface area contributed by atoms with Crippen LogP contribution < -0.4 is 15.4 Å². The van der Waals surface area contributed by atoms with Gasteiger partial charge in [-0.2, -0.15) is 0 Å². The van der Waals surface area contributed by atoms with E-state index in [2.05, 4.69) is 0 Å². The molecule has 0 bridgehead atoms. The number of benzene rings is 1. The van der Waals surface area contributed by atoms with Gasteiger partial charge >= 0.3 is 0 Å². The fraction of sp³-hybridized carbons (Fsp3) is 0.500. The minimum absolute atomic E-state index is 0.128. The summed E-state index contributed by atoms with van der Waals surface area (Å²) in [4.78, 5) is 26.4. The number of carbonyl (C=O) groups excluding carboxylic acids is 2. The standard InChI is InChI=1S/C16H22N2O3/c1-4-16(5-2)9-14(19)18(15(16)20)12-7-6-11(10-17)8-13(12)21-3/h6-8H,4-5,9-10,17H2,1-3H3. The van der Waals surface area contributed by atoms with E-state index >= 15 is 0 Å². The first kappa shape index (κ1) is 15.5. The maximum absolute atomic E-state index is 12.7. The maximum Gasteiger partial charge on any atom is 0.240 e. The lowest BCUT2D eigenvalue weighted by molar-refractivity contribution is -0.126. The van der Waals surface area contributed by atoms with Gasteiger partial charge in [0.15, 0.2) is 0 Å². The number of hydrogen-bond acceptors (Lipinski definition) is 4. The normalized spacial score (nSPS) is 17.4. The van der Waals surface area contributed by atoms with Crippen molar-refractivity contribution < 1.29 is 14.3 Å². The molecule has 1 fully saturated rings. The van der Waals surface area contributed by atoms with Crippen LogP contribution in [0, 0.1) is 5.41 Å². The number of anilines is 1. The highest BCUT2D eigenvalue weighted by atomic mass is 16.5. The quantitative estimate of drug-likeness (QED) is 0.844. The minimum atomic E-state index is -0.575. The molecule has 0 spiro atoms. The molecule has 5 heteroatoms. The zero-order valence-corrected chi connectivity index (χ0v) is 12.8. The Balaban J connectivity index is 2.47. The highest BCUT2D eigenvalue weighted by Crippen LogP contribution is 2.43. The number of carbonyl (C=O) groups is 2.